The largest absolute Gasteiger partial charge is 0.337 e. The molecule has 0 radical (unpaired) electrons. The summed E-state index contributed by atoms with van der Waals surface area (Å²) in [5, 5.41) is 7.29. The zero-order valence-corrected chi connectivity index (χ0v) is 10.4. The Hall–Kier alpha value is -0.870. The Kier molecular flexibility index (Phi) is 3.96. The van der Waals surface area contributed by atoms with Gasteiger partial charge in [0.05, 0.1) is 6.04 Å². The number of likely N-dealkylation sites (N-methyl/N-ethyl adjacent to an activating group) is 1. The van der Waals surface area contributed by atoms with Crippen molar-refractivity contribution in [3.05, 3.63) is 22.4 Å². The van der Waals surface area contributed by atoms with Gasteiger partial charge in [0.25, 0.3) is 0 Å². The first kappa shape index (κ1) is 11.6. The van der Waals surface area contributed by atoms with Gasteiger partial charge in [0.2, 0.25) is 5.91 Å². The Labute approximate surface area is 100 Å². The van der Waals surface area contributed by atoms with Crippen LogP contribution in [0.15, 0.2) is 16.8 Å². The fourth-order valence-corrected chi connectivity index (χ4v) is 2.79. The molecular weight excluding hydrogens is 220 g/mol. The molecule has 1 amide bonds. The zero-order chi connectivity index (χ0) is 11.4. The van der Waals surface area contributed by atoms with Crippen molar-refractivity contribution in [2.45, 2.75) is 31.8 Å². The highest BCUT2D eigenvalue weighted by molar-refractivity contribution is 7.07. The lowest BCUT2D eigenvalue weighted by Gasteiger charge is -2.23. The van der Waals surface area contributed by atoms with Crippen molar-refractivity contribution in [2.24, 2.45) is 0 Å². The Morgan fingerprint density at radius 3 is 3.12 bits per heavy atom. The summed E-state index contributed by atoms with van der Waals surface area (Å²) in [6.07, 6.45) is 3.22. The lowest BCUT2D eigenvalue weighted by Crippen LogP contribution is -2.43. The molecule has 0 aromatic carbocycles. The molecule has 1 unspecified atom stereocenters. The number of amides is 1. The van der Waals surface area contributed by atoms with Crippen molar-refractivity contribution in [1.82, 2.24) is 10.2 Å². The summed E-state index contributed by atoms with van der Waals surface area (Å²) >= 11 is 1.69. The van der Waals surface area contributed by atoms with E-state index in [1.165, 1.54) is 5.56 Å². The number of carbonyl (C=O) groups excluding carboxylic acids is 1. The molecule has 3 nitrogen and oxygen atoms in total. The second-order valence-electron chi connectivity index (χ2n) is 4.23. The first-order chi connectivity index (χ1) is 7.81. The van der Waals surface area contributed by atoms with Crippen LogP contribution in [-0.2, 0) is 11.3 Å². The van der Waals surface area contributed by atoms with E-state index < -0.39 is 0 Å². The van der Waals surface area contributed by atoms with Crippen LogP contribution < -0.4 is 5.32 Å². The highest BCUT2D eigenvalue weighted by Crippen LogP contribution is 2.16. The fraction of sp³-hybridized carbons (Fsp3) is 0.583. The number of nitrogens with zero attached hydrogens (tertiary/aromatic N) is 1. The summed E-state index contributed by atoms with van der Waals surface area (Å²) < 4.78 is 0. The molecule has 2 rings (SSSR count). The molecule has 4 heteroatoms. The molecule has 1 aliphatic rings. The third-order valence-electron chi connectivity index (χ3n) is 3.08. The smallest absolute Gasteiger partial charge is 0.239 e. The quantitative estimate of drug-likeness (QED) is 0.871. The molecule has 16 heavy (non-hydrogen) atoms. The molecule has 0 bridgehead atoms. The number of carbonyl (C=O) groups is 1. The third-order valence-corrected chi connectivity index (χ3v) is 3.81. The third kappa shape index (κ3) is 2.62. The number of likely N-dealkylation sites (tertiary alicyclic amines) is 1. The summed E-state index contributed by atoms with van der Waals surface area (Å²) in [6.45, 7) is 1.66. The van der Waals surface area contributed by atoms with Crippen molar-refractivity contribution in [1.29, 1.82) is 0 Å². The van der Waals surface area contributed by atoms with Crippen molar-refractivity contribution in [3.8, 4) is 0 Å². The van der Waals surface area contributed by atoms with Crippen LogP contribution >= 0.6 is 11.3 Å². The van der Waals surface area contributed by atoms with Gasteiger partial charge < -0.3 is 10.2 Å². The summed E-state index contributed by atoms with van der Waals surface area (Å²) in [7, 11) is 1.87. The number of nitrogens with one attached hydrogen (secondary N) is 1. The van der Waals surface area contributed by atoms with E-state index in [0.717, 1.165) is 32.4 Å². The molecule has 1 aromatic rings. The van der Waals surface area contributed by atoms with Gasteiger partial charge in [0, 0.05) is 13.1 Å². The molecule has 0 spiro atoms. The van der Waals surface area contributed by atoms with Gasteiger partial charge in [-0.25, -0.2) is 0 Å². The average molecular weight is 238 g/mol. The van der Waals surface area contributed by atoms with E-state index in [1.54, 1.807) is 11.3 Å². The van der Waals surface area contributed by atoms with Crippen molar-refractivity contribution in [3.63, 3.8) is 0 Å². The van der Waals surface area contributed by atoms with Crippen LogP contribution in [0.1, 0.15) is 24.8 Å². The van der Waals surface area contributed by atoms with Crippen LogP contribution in [-0.4, -0.2) is 30.4 Å². The lowest BCUT2D eigenvalue weighted by atomic mass is 10.1. The second kappa shape index (κ2) is 5.46. The van der Waals surface area contributed by atoms with Gasteiger partial charge in [0.15, 0.2) is 0 Å². The average Bonchev–Trinajstić information content (AvgIpc) is 2.73. The Morgan fingerprint density at radius 2 is 2.44 bits per heavy atom. The molecule has 1 atom stereocenters. The van der Waals surface area contributed by atoms with Gasteiger partial charge >= 0.3 is 0 Å². The monoisotopic (exact) mass is 238 g/mol. The van der Waals surface area contributed by atoms with Gasteiger partial charge in [0.1, 0.15) is 0 Å². The highest BCUT2D eigenvalue weighted by atomic mass is 32.1. The summed E-state index contributed by atoms with van der Waals surface area (Å²) in [5.74, 6) is 0.256. The topological polar surface area (TPSA) is 32.3 Å². The Morgan fingerprint density at radius 1 is 1.56 bits per heavy atom. The molecule has 1 fully saturated rings. The summed E-state index contributed by atoms with van der Waals surface area (Å²) in [6, 6.07) is 2.11. The number of thiophene rings is 1. The van der Waals surface area contributed by atoms with Gasteiger partial charge in [-0.05, 0) is 48.7 Å². The van der Waals surface area contributed by atoms with E-state index in [2.05, 4.69) is 22.1 Å². The van der Waals surface area contributed by atoms with E-state index >= 15 is 0 Å². The predicted octanol–water partition coefficient (Wildman–Crippen LogP) is 1.85. The first-order valence-electron chi connectivity index (χ1n) is 5.78. The predicted molar refractivity (Wildman–Crippen MR) is 66.4 cm³/mol. The number of rotatable bonds is 3. The van der Waals surface area contributed by atoms with Crippen molar-refractivity contribution < 1.29 is 4.79 Å². The molecule has 1 saturated heterocycles. The zero-order valence-electron chi connectivity index (χ0n) is 9.61. The highest BCUT2D eigenvalue weighted by Gasteiger charge is 2.25. The van der Waals surface area contributed by atoms with E-state index in [1.807, 2.05) is 11.9 Å². The minimum atomic E-state index is 0.0149. The second-order valence-corrected chi connectivity index (χ2v) is 5.01. The van der Waals surface area contributed by atoms with Crippen molar-refractivity contribution in [2.75, 3.05) is 13.6 Å². The minimum absolute atomic E-state index is 0.0149. The first-order valence-corrected chi connectivity index (χ1v) is 6.72. The number of hydrogen-bond acceptors (Lipinski definition) is 3. The molecule has 1 aliphatic heterocycles. The summed E-state index contributed by atoms with van der Waals surface area (Å²) in [4.78, 5) is 14.2. The molecule has 2 heterocycles. The van der Waals surface area contributed by atoms with E-state index in [0.29, 0.717) is 0 Å². The maximum absolute atomic E-state index is 12.2. The number of hydrogen-bond donors (Lipinski definition) is 1. The standard InChI is InChI=1S/C12H18N2OS/c1-13-11-4-2-3-6-14(12(11)15)8-10-5-7-16-9-10/h5,7,9,11,13H,2-4,6,8H2,1H3. The van der Waals surface area contributed by atoms with Crippen LogP contribution in [0.3, 0.4) is 0 Å². The van der Waals surface area contributed by atoms with Crippen LogP contribution in [0.5, 0.6) is 0 Å². The maximum Gasteiger partial charge on any atom is 0.239 e. The van der Waals surface area contributed by atoms with Gasteiger partial charge in [-0.15, -0.1) is 0 Å². The van der Waals surface area contributed by atoms with Crippen LogP contribution in [0.25, 0.3) is 0 Å². The fourth-order valence-electron chi connectivity index (χ4n) is 2.13. The Balaban J connectivity index is 2.04. The minimum Gasteiger partial charge on any atom is -0.337 e. The van der Waals surface area contributed by atoms with Gasteiger partial charge in [-0.1, -0.05) is 0 Å². The van der Waals surface area contributed by atoms with E-state index in [4.69, 9.17) is 0 Å². The molecule has 1 N–H and O–H groups in total. The van der Waals surface area contributed by atoms with E-state index in [-0.39, 0.29) is 11.9 Å². The molecule has 0 saturated carbocycles. The van der Waals surface area contributed by atoms with Crippen LogP contribution in [0, 0.1) is 0 Å². The molecule has 88 valence electrons. The van der Waals surface area contributed by atoms with Crippen LogP contribution in [0.2, 0.25) is 0 Å². The maximum atomic E-state index is 12.2. The van der Waals surface area contributed by atoms with Crippen molar-refractivity contribution >= 4 is 17.2 Å². The SMILES string of the molecule is CNC1CCCCN(Cc2ccsc2)C1=O. The normalized spacial score (nSPS) is 22.2. The van der Waals surface area contributed by atoms with Crippen LogP contribution in [0.4, 0.5) is 0 Å². The summed E-state index contributed by atoms with van der Waals surface area (Å²) in [5.41, 5.74) is 1.25. The van der Waals surface area contributed by atoms with Gasteiger partial charge in [-0.3, -0.25) is 4.79 Å². The molecule has 0 aliphatic carbocycles. The molecule has 1 aromatic heterocycles. The lowest BCUT2D eigenvalue weighted by molar-refractivity contribution is -0.133. The van der Waals surface area contributed by atoms with Gasteiger partial charge in [-0.2, -0.15) is 11.3 Å². The molecular formula is C12H18N2OS. The van der Waals surface area contributed by atoms with E-state index in [9.17, 15) is 4.79 Å². The Bertz CT molecular complexity index is 337.